The Morgan fingerprint density at radius 1 is 1.40 bits per heavy atom. The summed E-state index contributed by atoms with van der Waals surface area (Å²) in [5.41, 5.74) is 5.53. The van der Waals surface area contributed by atoms with E-state index in [0.29, 0.717) is 5.95 Å². The van der Waals surface area contributed by atoms with Crippen molar-refractivity contribution in [3.05, 3.63) is 0 Å². The molecule has 0 atom stereocenters. The van der Waals surface area contributed by atoms with Crippen LogP contribution in [0.3, 0.4) is 0 Å². The number of hydrogen-bond acceptors (Lipinski definition) is 7. The van der Waals surface area contributed by atoms with Crippen molar-refractivity contribution >= 4 is 23.7 Å². The van der Waals surface area contributed by atoms with E-state index in [4.69, 9.17) is 10.5 Å². The minimum Gasteiger partial charge on any atom is -0.467 e. The third kappa shape index (κ3) is 3.43. The summed E-state index contributed by atoms with van der Waals surface area (Å²) in [6.07, 6.45) is 2.05. The summed E-state index contributed by atoms with van der Waals surface area (Å²) in [7, 11) is 3.41. The van der Waals surface area contributed by atoms with Gasteiger partial charge >= 0.3 is 6.01 Å². The molecule has 1 rings (SSSR count). The van der Waals surface area contributed by atoms with Crippen LogP contribution in [-0.2, 0) is 0 Å². The Hall–Kier alpha value is -1.24. The topological polar surface area (TPSA) is 77.2 Å². The van der Waals surface area contributed by atoms with Gasteiger partial charge in [0.15, 0.2) is 0 Å². The predicted molar refractivity (Wildman–Crippen MR) is 62.4 cm³/mol. The number of ether oxygens (including phenoxy) is 1. The van der Waals surface area contributed by atoms with Gasteiger partial charge in [0, 0.05) is 19.3 Å². The van der Waals surface area contributed by atoms with Crippen LogP contribution >= 0.6 is 11.8 Å². The van der Waals surface area contributed by atoms with Gasteiger partial charge in [-0.25, -0.2) is 0 Å². The average molecular weight is 229 g/mol. The normalized spacial score (nSPS) is 10.1. The number of nitrogens with two attached hydrogens (primary N) is 1. The van der Waals surface area contributed by atoms with Crippen LogP contribution in [0.4, 0.5) is 11.9 Å². The third-order valence-corrected chi connectivity index (χ3v) is 2.37. The van der Waals surface area contributed by atoms with Crippen LogP contribution < -0.4 is 15.4 Å². The maximum Gasteiger partial charge on any atom is 0.322 e. The molecular weight excluding hydrogens is 214 g/mol. The predicted octanol–water partition coefficient (Wildman–Crippen LogP) is 0.262. The molecule has 0 fully saturated rings. The van der Waals surface area contributed by atoms with Crippen molar-refractivity contribution < 1.29 is 4.74 Å². The van der Waals surface area contributed by atoms with Gasteiger partial charge in [-0.3, -0.25) is 0 Å². The standard InChI is InChI=1S/C8H15N5OS/c1-13(4-5-15-3)7-10-6(9)11-8(12-7)14-2/h4-5H2,1-3H3,(H2,9,10,11,12). The van der Waals surface area contributed by atoms with E-state index in [0.717, 1.165) is 12.3 Å². The van der Waals surface area contributed by atoms with Crippen molar-refractivity contribution in [2.45, 2.75) is 0 Å². The molecule has 0 aliphatic rings. The van der Waals surface area contributed by atoms with Crippen LogP contribution in [-0.4, -0.2) is 47.7 Å². The molecule has 7 heteroatoms. The Morgan fingerprint density at radius 2 is 2.13 bits per heavy atom. The largest absolute Gasteiger partial charge is 0.467 e. The Morgan fingerprint density at radius 3 is 2.73 bits per heavy atom. The van der Waals surface area contributed by atoms with Crippen LogP contribution in [0.5, 0.6) is 6.01 Å². The third-order valence-electron chi connectivity index (χ3n) is 1.78. The number of rotatable bonds is 5. The van der Waals surface area contributed by atoms with E-state index in [9.17, 15) is 0 Å². The van der Waals surface area contributed by atoms with Gasteiger partial charge < -0.3 is 15.4 Å². The highest BCUT2D eigenvalue weighted by atomic mass is 32.2. The Balaban J connectivity index is 2.78. The molecule has 0 bridgehead atoms. The number of nitrogens with zero attached hydrogens (tertiary/aromatic N) is 4. The van der Waals surface area contributed by atoms with Crippen molar-refractivity contribution in [1.82, 2.24) is 15.0 Å². The summed E-state index contributed by atoms with van der Waals surface area (Å²) >= 11 is 1.76. The van der Waals surface area contributed by atoms with E-state index in [2.05, 4.69) is 21.2 Å². The van der Waals surface area contributed by atoms with E-state index in [-0.39, 0.29) is 12.0 Å². The summed E-state index contributed by atoms with van der Waals surface area (Å²) in [4.78, 5) is 13.9. The van der Waals surface area contributed by atoms with E-state index in [1.165, 1.54) is 7.11 Å². The first-order valence-electron chi connectivity index (χ1n) is 4.43. The minimum atomic E-state index is 0.174. The van der Waals surface area contributed by atoms with E-state index < -0.39 is 0 Å². The lowest BCUT2D eigenvalue weighted by Gasteiger charge is -2.16. The molecule has 84 valence electrons. The van der Waals surface area contributed by atoms with Crippen LogP contribution in [0.2, 0.25) is 0 Å². The van der Waals surface area contributed by atoms with Gasteiger partial charge in [-0.2, -0.15) is 26.7 Å². The second-order valence-electron chi connectivity index (χ2n) is 2.89. The summed E-state index contributed by atoms with van der Waals surface area (Å²) in [6, 6.07) is 0.244. The van der Waals surface area contributed by atoms with Gasteiger partial charge in [-0.1, -0.05) is 0 Å². The molecule has 0 aromatic carbocycles. The van der Waals surface area contributed by atoms with Crippen LogP contribution in [0.15, 0.2) is 0 Å². The zero-order chi connectivity index (χ0) is 11.3. The van der Waals surface area contributed by atoms with Gasteiger partial charge in [-0.15, -0.1) is 0 Å². The Labute approximate surface area is 93.3 Å². The van der Waals surface area contributed by atoms with Gasteiger partial charge in [-0.05, 0) is 6.26 Å². The summed E-state index contributed by atoms with van der Waals surface area (Å²) in [6.45, 7) is 0.855. The molecule has 0 aliphatic carbocycles. The first-order valence-corrected chi connectivity index (χ1v) is 5.82. The molecule has 6 nitrogen and oxygen atoms in total. The van der Waals surface area contributed by atoms with E-state index in [1.807, 2.05) is 11.9 Å². The lowest BCUT2D eigenvalue weighted by Crippen LogP contribution is -2.23. The van der Waals surface area contributed by atoms with E-state index >= 15 is 0 Å². The molecule has 0 amide bonds. The number of thioether (sulfide) groups is 1. The van der Waals surface area contributed by atoms with Crippen molar-refractivity contribution in [2.75, 3.05) is 43.3 Å². The molecular formula is C8H15N5OS. The first-order chi connectivity index (χ1) is 7.17. The molecule has 2 N–H and O–H groups in total. The van der Waals surface area contributed by atoms with Crippen LogP contribution in [0.25, 0.3) is 0 Å². The van der Waals surface area contributed by atoms with Crippen molar-refractivity contribution in [3.8, 4) is 6.01 Å². The molecule has 1 aromatic heterocycles. The second-order valence-corrected chi connectivity index (χ2v) is 3.88. The Kier molecular flexibility index (Phi) is 4.41. The molecule has 0 saturated heterocycles. The zero-order valence-corrected chi connectivity index (χ0v) is 9.91. The number of nitrogen functional groups attached to an aromatic ring is 1. The number of aromatic nitrogens is 3. The summed E-state index contributed by atoms with van der Waals surface area (Å²) in [5.74, 6) is 1.71. The van der Waals surface area contributed by atoms with Gasteiger partial charge in [0.1, 0.15) is 0 Å². The van der Waals surface area contributed by atoms with Crippen molar-refractivity contribution in [2.24, 2.45) is 0 Å². The Bertz CT molecular complexity index is 322. The molecule has 0 unspecified atom stereocenters. The quantitative estimate of drug-likeness (QED) is 0.776. The van der Waals surface area contributed by atoms with Crippen molar-refractivity contribution in [3.63, 3.8) is 0 Å². The lowest BCUT2D eigenvalue weighted by atomic mass is 10.6. The minimum absolute atomic E-state index is 0.174. The van der Waals surface area contributed by atoms with E-state index in [1.54, 1.807) is 11.8 Å². The zero-order valence-electron chi connectivity index (χ0n) is 9.10. The number of methoxy groups -OCH3 is 1. The molecule has 1 aromatic rings. The molecule has 0 radical (unpaired) electrons. The smallest absolute Gasteiger partial charge is 0.322 e. The second kappa shape index (κ2) is 5.59. The maximum absolute atomic E-state index is 5.53. The monoisotopic (exact) mass is 229 g/mol. The summed E-state index contributed by atoms with van der Waals surface area (Å²) in [5, 5.41) is 0. The first kappa shape index (κ1) is 11.8. The highest BCUT2D eigenvalue weighted by Crippen LogP contribution is 2.11. The van der Waals surface area contributed by atoms with Crippen LogP contribution in [0, 0.1) is 0 Å². The number of anilines is 2. The maximum atomic E-state index is 5.53. The fraction of sp³-hybridized carbons (Fsp3) is 0.625. The van der Waals surface area contributed by atoms with Gasteiger partial charge in [0.25, 0.3) is 0 Å². The fourth-order valence-electron chi connectivity index (χ4n) is 0.951. The molecule has 15 heavy (non-hydrogen) atoms. The van der Waals surface area contributed by atoms with Crippen molar-refractivity contribution in [1.29, 1.82) is 0 Å². The van der Waals surface area contributed by atoms with Crippen LogP contribution in [0.1, 0.15) is 0 Å². The summed E-state index contributed by atoms with van der Waals surface area (Å²) < 4.78 is 4.92. The molecule has 1 heterocycles. The van der Waals surface area contributed by atoms with Gasteiger partial charge in [0.05, 0.1) is 7.11 Å². The lowest BCUT2D eigenvalue weighted by molar-refractivity contribution is 0.379. The molecule has 0 aliphatic heterocycles. The number of hydrogen-bond donors (Lipinski definition) is 1. The highest BCUT2D eigenvalue weighted by molar-refractivity contribution is 7.98. The highest BCUT2D eigenvalue weighted by Gasteiger charge is 2.08. The average Bonchev–Trinajstić information content (AvgIpc) is 2.24. The van der Waals surface area contributed by atoms with Gasteiger partial charge in [0.2, 0.25) is 11.9 Å². The fourth-order valence-corrected chi connectivity index (χ4v) is 1.41. The molecule has 0 saturated carbocycles. The SMILES string of the molecule is COc1nc(N)nc(N(C)CCSC)n1. The molecule has 0 spiro atoms.